The molecule has 0 aromatic rings. The number of hydrogen-bond acceptors (Lipinski definition) is 4. The maximum Gasteiger partial charge on any atom is 0.257 e. The zero-order valence-corrected chi connectivity index (χ0v) is 12.3. The van der Waals surface area contributed by atoms with Crippen LogP contribution in [0.25, 0.3) is 0 Å². The number of rotatable bonds is 3. The lowest BCUT2D eigenvalue weighted by Gasteiger charge is -2.20. The molecule has 1 rings (SSSR count). The highest BCUT2D eigenvalue weighted by molar-refractivity contribution is 7.80. The van der Waals surface area contributed by atoms with Crippen LogP contribution >= 0.6 is 12.2 Å². The highest BCUT2D eigenvalue weighted by Crippen LogP contribution is 2.23. The molecule has 3 amide bonds. The van der Waals surface area contributed by atoms with Gasteiger partial charge in [-0.3, -0.25) is 25.2 Å². The van der Waals surface area contributed by atoms with Crippen LogP contribution in [0.1, 0.15) is 39.0 Å². The van der Waals surface area contributed by atoms with Crippen molar-refractivity contribution in [1.29, 1.82) is 0 Å². The van der Waals surface area contributed by atoms with E-state index in [1.165, 1.54) is 13.3 Å². The normalized spacial score (nSPS) is 15.1. The maximum absolute atomic E-state index is 11.8. The molecule has 0 heterocycles. The summed E-state index contributed by atoms with van der Waals surface area (Å²) in [7, 11) is 0. The average Bonchev–Trinajstić information content (AvgIpc) is 2.42. The highest BCUT2D eigenvalue weighted by Gasteiger charge is 2.21. The fourth-order valence-electron chi connectivity index (χ4n) is 2.04. The second-order valence-electron chi connectivity index (χ2n) is 4.74. The molecule has 0 radical (unpaired) electrons. The first-order valence-electron chi connectivity index (χ1n) is 6.63. The Morgan fingerprint density at radius 3 is 2.35 bits per heavy atom. The summed E-state index contributed by atoms with van der Waals surface area (Å²) < 4.78 is 0. The fourth-order valence-corrected chi connectivity index (χ4v) is 2.23. The van der Waals surface area contributed by atoms with E-state index in [1.54, 1.807) is 0 Å². The van der Waals surface area contributed by atoms with Crippen molar-refractivity contribution in [1.82, 2.24) is 21.5 Å². The second-order valence-corrected chi connectivity index (χ2v) is 5.14. The molecule has 1 aliphatic rings. The van der Waals surface area contributed by atoms with Crippen LogP contribution < -0.4 is 21.5 Å². The van der Waals surface area contributed by atoms with Gasteiger partial charge in [0.25, 0.3) is 5.91 Å². The van der Waals surface area contributed by atoms with Gasteiger partial charge in [0.05, 0.1) is 6.54 Å². The molecule has 112 valence electrons. The van der Waals surface area contributed by atoms with Crippen molar-refractivity contribution in [2.45, 2.75) is 39.0 Å². The third-order valence-corrected chi connectivity index (χ3v) is 3.21. The van der Waals surface area contributed by atoms with Gasteiger partial charge in [-0.2, -0.15) is 0 Å². The summed E-state index contributed by atoms with van der Waals surface area (Å²) in [5, 5.41) is 4.89. The Hall–Kier alpha value is -1.70. The van der Waals surface area contributed by atoms with Gasteiger partial charge in [-0.15, -0.1) is 0 Å². The second kappa shape index (κ2) is 8.47. The Morgan fingerprint density at radius 2 is 1.75 bits per heavy atom. The van der Waals surface area contributed by atoms with Gasteiger partial charge < -0.3 is 10.6 Å². The monoisotopic (exact) mass is 300 g/mol. The number of amides is 3. The van der Waals surface area contributed by atoms with Crippen molar-refractivity contribution in [2.24, 2.45) is 5.92 Å². The van der Waals surface area contributed by atoms with Gasteiger partial charge >= 0.3 is 0 Å². The molecule has 7 nitrogen and oxygen atoms in total. The third-order valence-electron chi connectivity index (χ3n) is 3.00. The van der Waals surface area contributed by atoms with Crippen LogP contribution in [0.5, 0.6) is 0 Å². The summed E-state index contributed by atoms with van der Waals surface area (Å²) in [5.41, 5.74) is 4.65. The summed E-state index contributed by atoms with van der Waals surface area (Å²) in [6.45, 7) is 1.19. The molecular weight excluding hydrogens is 280 g/mol. The Bertz CT molecular complexity index is 394. The zero-order chi connectivity index (χ0) is 15.0. The van der Waals surface area contributed by atoms with Gasteiger partial charge in [0, 0.05) is 12.8 Å². The Balaban J connectivity index is 2.17. The van der Waals surface area contributed by atoms with Crippen LogP contribution in [-0.4, -0.2) is 29.4 Å². The molecule has 20 heavy (non-hydrogen) atoms. The molecule has 0 aromatic carbocycles. The van der Waals surface area contributed by atoms with Gasteiger partial charge in [0.15, 0.2) is 5.11 Å². The molecule has 0 spiro atoms. The number of hydrazine groups is 1. The standard InChI is InChI=1S/C12H20N4O3S/c1-8(17)14-12(20)16-15-10(18)7-13-11(19)9-5-3-2-4-6-9/h9H,2-7H2,1H3,(H,13,19)(H,15,18)(H2,14,16,17,20). The summed E-state index contributed by atoms with van der Waals surface area (Å²) in [4.78, 5) is 33.9. The van der Waals surface area contributed by atoms with Crippen LogP contribution in [-0.2, 0) is 14.4 Å². The number of carbonyl (C=O) groups excluding carboxylic acids is 3. The van der Waals surface area contributed by atoms with Crippen LogP contribution in [0.4, 0.5) is 0 Å². The topological polar surface area (TPSA) is 99.3 Å². The van der Waals surface area contributed by atoms with Crippen molar-refractivity contribution in [2.75, 3.05) is 6.54 Å². The summed E-state index contributed by atoms with van der Waals surface area (Å²) in [5.74, 6) is -0.821. The van der Waals surface area contributed by atoms with Crippen molar-refractivity contribution < 1.29 is 14.4 Å². The summed E-state index contributed by atoms with van der Waals surface area (Å²) in [6.07, 6.45) is 5.08. The van der Waals surface area contributed by atoms with Gasteiger partial charge in [0.2, 0.25) is 11.8 Å². The minimum Gasteiger partial charge on any atom is -0.347 e. The first-order chi connectivity index (χ1) is 9.49. The predicted molar refractivity (Wildman–Crippen MR) is 77.3 cm³/mol. The molecule has 0 saturated heterocycles. The molecule has 0 aromatic heterocycles. The number of thiocarbonyl (C=S) groups is 1. The molecular formula is C12H20N4O3S. The lowest BCUT2D eigenvalue weighted by atomic mass is 9.89. The molecule has 0 bridgehead atoms. The number of nitrogens with one attached hydrogen (secondary N) is 4. The Kier molecular flexibility index (Phi) is 6.92. The SMILES string of the molecule is CC(=O)NC(=S)NNC(=O)CNC(=O)C1CCCCC1. The Morgan fingerprint density at radius 1 is 1.10 bits per heavy atom. The van der Waals surface area contributed by atoms with E-state index in [0.29, 0.717) is 0 Å². The largest absolute Gasteiger partial charge is 0.347 e. The zero-order valence-electron chi connectivity index (χ0n) is 11.5. The van der Waals surface area contributed by atoms with Crippen molar-refractivity contribution in [3.8, 4) is 0 Å². The van der Waals surface area contributed by atoms with E-state index in [1.807, 2.05) is 0 Å². The van der Waals surface area contributed by atoms with Gasteiger partial charge in [-0.1, -0.05) is 19.3 Å². The van der Waals surface area contributed by atoms with E-state index < -0.39 is 5.91 Å². The number of carbonyl (C=O) groups is 3. The fraction of sp³-hybridized carbons (Fsp3) is 0.667. The first kappa shape index (κ1) is 16.4. The average molecular weight is 300 g/mol. The van der Waals surface area contributed by atoms with Crippen molar-refractivity contribution in [3.63, 3.8) is 0 Å². The maximum atomic E-state index is 11.8. The number of hydrogen-bond donors (Lipinski definition) is 4. The van der Waals surface area contributed by atoms with E-state index in [4.69, 9.17) is 12.2 Å². The molecule has 0 unspecified atom stereocenters. The molecule has 1 saturated carbocycles. The molecule has 0 aliphatic heterocycles. The Labute approximate surface area is 123 Å². The van der Waals surface area contributed by atoms with Gasteiger partial charge in [-0.05, 0) is 25.1 Å². The highest BCUT2D eigenvalue weighted by atomic mass is 32.1. The van der Waals surface area contributed by atoms with Crippen molar-refractivity contribution >= 4 is 35.1 Å². The minimum absolute atomic E-state index is 0.00413. The predicted octanol–water partition coefficient (Wildman–Crippen LogP) is -0.275. The molecule has 1 fully saturated rings. The molecule has 4 N–H and O–H groups in total. The summed E-state index contributed by atoms with van der Waals surface area (Å²) in [6, 6.07) is 0. The lowest BCUT2D eigenvalue weighted by Crippen LogP contribution is -2.51. The molecule has 0 atom stereocenters. The van der Waals surface area contributed by atoms with Crippen LogP contribution in [0.2, 0.25) is 0 Å². The van der Waals surface area contributed by atoms with Crippen molar-refractivity contribution in [3.05, 3.63) is 0 Å². The first-order valence-corrected chi connectivity index (χ1v) is 7.04. The smallest absolute Gasteiger partial charge is 0.257 e. The third kappa shape index (κ3) is 6.46. The molecule has 8 heteroatoms. The van der Waals surface area contributed by atoms with Gasteiger partial charge in [-0.25, -0.2) is 0 Å². The lowest BCUT2D eigenvalue weighted by molar-refractivity contribution is -0.129. The van der Waals surface area contributed by atoms with E-state index >= 15 is 0 Å². The van der Waals surface area contributed by atoms with E-state index in [9.17, 15) is 14.4 Å². The quantitative estimate of drug-likeness (QED) is 0.424. The van der Waals surface area contributed by atoms with E-state index in [0.717, 1.165) is 25.7 Å². The molecule has 1 aliphatic carbocycles. The van der Waals surface area contributed by atoms with Crippen LogP contribution in [0.15, 0.2) is 0 Å². The van der Waals surface area contributed by atoms with E-state index in [2.05, 4.69) is 21.5 Å². The van der Waals surface area contributed by atoms with E-state index in [-0.39, 0.29) is 29.4 Å². The van der Waals surface area contributed by atoms with Crippen LogP contribution in [0.3, 0.4) is 0 Å². The van der Waals surface area contributed by atoms with Gasteiger partial charge in [0.1, 0.15) is 0 Å². The summed E-state index contributed by atoms with van der Waals surface area (Å²) >= 11 is 4.74. The van der Waals surface area contributed by atoms with Crippen LogP contribution in [0, 0.1) is 5.92 Å². The minimum atomic E-state index is -0.429.